The maximum absolute atomic E-state index is 13.3. The molecular formula is C20H28N6O2. The van der Waals surface area contributed by atoms with Crippen molar-refractivity contribution in [2.24, 2.45) is 0 Å². The van der Waals surface area contributed by atoms with Gasteiger partial charge in [-0.1, -0.05) is 0 Å². The Morgan fingerprint density at radius 3 is 2.89 bits per heavy atom. The number of ether oxygens (including phenoxy) is 1. The summed E-state index contributed by atoms with van der Waals surface area (Å²) in [5.41, 5.74) is 0.873. The van der Waals surface area contributed by atoms with Crippen LogP contribution in [0.1, 0.15) is 26.2 Å². The number of fused-ring (bicyclic) bond motifs is 2. The second kappa shape index (κ2) is 7.33. The summed E-state index contributed by atoms with van der Waals surface area (Å²) >= 11 is 0. The lowest BCUT2D eigenvalue weighted by molar-refractivity contribution is -0.141. The average molecular weight is 384 g/mol. The highest BCUT2D eigenvalue weighted by atomic mass is 16.5. The molecule has 1 unspecified atom stereocenters. The molecule has 5 rings (SSSR count). The molecule has 0 aromatic carbocycles. The Bertz CT molecular complexity index is 848. The number of hydrogen-bond donors (Lipinski definition) is 1. The van der Waals surface area contributed by atoms with Crippen LogP contribution in [0.5, 0.6) is 0 Å². The van der Waals surface area contributed by atoms with E-state index >= 15 is 0 Å². The number of nitrogens with zero attached hydrogens (tertiary/aromatic N) is 5. The maximum Gasteiger partial charge on any atom is 0.239 e. The first-order valence-electron chi connectivity index (χ1n) is 10.4. The van der Waals surface area contributed by atoms with Crippen molar-refractivity contribution in [1.82, 2.24) is 24.8 Å². The predicted molar refractivity (Wildman–Crippen MR) is 106 cm³/mol. The molecule has 3 aliphatic heterocycles. The monoisotopic (exact) mass is 384 g/mol. The van der Waals surface area contributed by atoms with Gasteiger partial charge >= 0.3 is 0 Å². The molecule has 5 heterocycles. The van der Waals surface area contributed by atoms with Gasteiger partial charge in [-0.3, -0.25) is 9.69 Å². The Labute approximate surface area is 164 Å². The third kappa shape index (κ3) is 2.95. The van der Waals surface area contributed by atoms with Crippen LogP contribution in [0, 0.1) is 0 Å². The fourth-order valence-corrected chi connectivity index (χ4v) is 5.17. The lowest BCUT2D eigenvalue weighted by atomic mass is 9.95. The third-order valence-electron chi connectivity index (χ3n) is 6.65. The zero-order chi connectivity index (χ0) is 19.1. The number of aromatic amines is 1. The zero-order valence-electron chi connectivity index (χ0n) is 16.4. The number of likely N-dealkylation sites (tertiary alicyclic amines) is 1. The molecule has 28 heavy (non-hydrogen) atoms. The number of amides is 1. The highest BCUT2D eigenvalue weighted by Gasteiger charge is 2.44. The Morgan fingerprint density at radius 1 is 1.18 bits per heavy atom. The topological polar surface area (TPSA) is 77.6 Å². The van der Waals surface area contributed by atoms with Gasteiger partial charge in [0.15, 0.2) is 0 Å². The van der Waals surface area contributed by atoms with Crippen molar-refractivity contribution >= 4 is 22.8 Å². The zero-order valence-corrected chi connectivity index (χ0v) is 16.4. The molecule has 0 bridgehead atoms. The van der Waals surface area contributed by atoms with E-state index in [1.807, 2.05) is 12.3 Å². The summed E-state index contributed by atoms with van der Waals surface area (Å²) in [5, 5.41) is 1.06. The van der Waals surface area contributed by atoms with Crippen molar-refractivity contribution < 1.29 is 9.53 Å². The average Bonchev–Trinajstić information content (AvgIpc) is 3.40. The van der Waals surface area contributed by atoms with Gasteiger partial charge in [0, 0.05) is 32.4 Å². The van der Waals surface area contributed by atoms with Gasteiger partial charge in [0.05, 0.1) is 36.7 Å². The van der Waals surface area contributed by atoms with Crippen LogP contribution in [0.4, 0.5) is 5.82 Å². The van der Waals surface area contributed by atoms with Crippen molar-refractivity contribution in [2.45, 2.75) is 44.3 Å². The second-order valence-electron chi connectivity index (χ2n) is 8.05. The molecule has 3 atom stereocenters. The number of nitrogens with one attached hydrogen (secondary N) is 1. The van der Waals surface area contributed by atoms with E-state index in [9.17, 15) is 4.79 Å². The van der Waals surface area contributed by atoms with Crippen molar-refractivity contribution in [3.63, 3.8) is 0 Å². The maximum atomic E-state index is 13.3. The summed E-state index contributed by atoms with van der Waals surface area (Å²) in [7, 11) is 0. The standard InChI is InChI=1S/C20H28N6O2/c1-14(24-9-11-28-12-10-24)20(27)26-7-2-3-16-17(26)5-8-25(16)19-15-4-6-21-18(15)22-13-23-19/h4,6,13-14,16-17H,2-3,5,7-12H2,1H3,(H,21,22,23)/t14?,16-,17-/m1/s1. The van der Waals surface area contributed by atoms with Gasteiger partial charge in [-0.25, -0.2) is 9.97 Å². The summed E-state index contributed by atoms with van der Waals surface area (Å²) in [6.07, 6.45) is 6.70. The van der Waals surface area contributed by atoms with Gasteiger partial charge in [0.2, 0.25) is 5.91 Å². The number of piperidine rings is 1. The molecule has 8 heteroatoms. The number of aromatic nitrogens is 3. The molecule has 3 saturated heterocycles. The lowest BCUT2D eigenvalue weighted by Crippen LogP contribution is -2.58. The molecule has 2 aromatic rings. The lowest BCUT2D eigenvalue weighted by Gasteiger charge is -2.43. The molecule has 0 aliphatic carbocycles. The smallest absolute Gasteiger partial charge is 0.239 e. The van der Waals surface area contributed by atoms with Gasteiger partial charge in [0.25, 0.3) is 0 Å². The third-order valence-corrected chi connectivity index (χ3v) is 6.65. The minimum Gasteiger partial charge on any atom is -0.379 e. The number of morpholine rings is 1. The molecule has 150 valence electrons. The minimum atomic E-state index is -0.0767. The van der Waals surface area contributed by atoms with E-state index < -0.39 is 0 Å². The van der Waals surface area contributed by atoms with Crippen LogP contribution in [-0.4, -0.2) is 88.2 Å². The van der Waals surface area contributed by atoms with Crippen molar-refractivity contribution in [2.75, 3.05) is 44.3 Å². The van der Waals surface area contributed by atoms with Crippen LogP contribution in [0.3, 0.4) is 0 Å². The first kappa shape index (κ1) is 17.9. The van der Waals surface area contributed by atoms with Gasteiger partial charge in [-0.05, 0) is 32.3 Å². The molecule has 3 aliphatic rings. The van der Waals surface area contributed by atoms with Crippen LogP contribution in [0.25, 0.3) is 11.0 Å². The Hall–Kier alpha value is -2.19. The van der Waals surface area contributed by atoms with E-state index in [4.69, 9.17) is 4.74 Å². The molecule has 2 aromatic heterocycles. The van der Waals surface area contributed by atoms with Crippen molar-refractivity contribution in [1.29, 1.82) is 0 Å². The van der Waals surface area contributed by atoms with E-state index in [1.54, 1.807) is 6.33 Å². The van der Waals surface area contributed by atoms with Gasteiger partial charge in [-0.2, -0.15) is 0 Å². The molecule has 0 saturated carbocycles. The van der Waals surface area contributed by atoms with Crippen molar-refractivity contribution in [3.05, 3.63) is 18.6 Å². The number of carbonyl (C=O) groups excluding carboxylic acids is 1. The van der Waals surface area contributed by atoms with E-state index in [0.29, 0.717) is 6.04 Å². The molecule has 1 amide bonds. The molecule has 0 radical (unpaired) electrons. The summed E-state index contributed by atoms with van der Waals surface area (Å²) in [6.45, 7) is 6.97. The van der Waals surface area contributed by atoms with Crippen LogP contribution in [0.2, 0.25) is 0 Å². The largest absolute Gasteiger partial charge is 0.379 e. The van der Waals surface area contributed by atoms with Gasteiger partial charge < -0.3 is 19.5 Å². The molecule has 8 nitrogen and oxygen atoms in total. The molecule has 1 N–H and O–H groups in total. The summed E-state index contributed by atoms with van der Waals surface area (Å²) in [5.74, 6) is 1.27. The van der Waals surface area contributed by atoms with Gasteiger partial charge in [-0.15, -0.1) is 0 Å². The summed E-state index contributed by atoms with van der Waals surface area (Å²) in [4.78, 5) is 32.3. The number of H-pyrrole nitrogens is 1. The molecular weight excluding hydrogens is 356 g/mol. The Kier molecular flexibility index (Phi) is 4.68. The highest BCUT2D eigenvalue weighted by Crippen LogP contribution is 2.36. The first-order chi connectivity index (χ1) is 13.7. The minimum absolute atomic E-state index is 0.0767. The highest BCUT2D eigenvalue weighted by molar-refractivity contribution is 5.88. The number of rotatable bonds is 3. The van der Waals surface area contributed by atoms with Crippen LogP contribution in [0.15, 0.2) is 18.6 Å². The molecule has 0 spiro atoms. The quantitative estimate of drug-likeness (QED) is 0.858. The fraction of sp³-hybridized carbons (Fsp3) is 0.650. The van der Waals surface area contributed by atoms with Crippen LogP contribution in [-0.2, 0) is 9.53 Å². The van der Waals surface area contributed by atoms with Crippen molar-refractivity contribution in [3.8, 4) is 0 Å². The fourth-order valence-electron chi connectivity index (χ4n) is 5.17. The predicted octanol–water partition coefficient (Wildman–Crippen LogP) is 1.25. The second-order valence-corrected chi connectivity index (χ2v) is 8.05. The summed E-state index contributed by atoms with van der Waals surface area (Å²) < 4.78 is 5.45. The number of anilines is 1. The first-order valence-corrected chi connectivity index (χ1v) is 10.4. The Balaban J connectivity index is 1.36. The van der Waals surface area contributed by atoms with Gasteiger partial charge in [0.1, 0.15) is 17.8 Å². The number of hydrogen-bond acceptors (Lipinski definition) is 6. The van der Waals surface area contributed by atoms with E-state index in [-0.39, 0.29) is 18.0 Å². The SMILES string of the molecule is CC(C(=O)N1CCC[C@@H]2[C@H]1CCN2c1ncnc2[nH]ccc12)N1CCOCC1. The van der Waals surface area contributed by atoms with Crippen LogP contribution >= 0.6 is 0 Å². The molecule has 3 fully saturated rings. The Morgan fingerprint density at radius 2 is 2.04 bits per heavy atom. The normalized spacial score (nSPS) is 27.2. The van der Waals surface area contributed by atoms with Crippen LogP contribution < -0.4 is 4.90 Å². The summed E-state index contributed by atoms with van der Waals surface area (Å²) in [6, 6.07) is 2.58. The van der Waals surface area contributed by atoms with E-state index in [1.165, 1.54) is 0 Å². The number of carbonyl (C=O) groups is 1. The van der Waals surface area contributed by atoms with E-state index in [2.05, 4.69) is 36.6 Å². The van der Waals surface area contributed by atoms with E-state index in [0.717, 1.165) is 75.5 Å².